The van der Waals surface area contributed by atoms with Crippen LogP contribution in [-0.4, -0.2) is 23.4 Å². The van der Waals surface area contributed by atoms with Gasteiger partial charge >= 0.3 is 0 Å². The maximum Gasteiger partial charge on any atom is 0.254 e. The second kappa shape index (κ2) is 7.51. The van der Waals surface area contributed by atoms with Crippen molar-refractivity contribution in [3.05, 3.63) is 35.4 Å². The van der Waals surface area contributed by atoms with E-state index in [4.69, 9.17) is 5.73 Å². The number of nitrogens with zero attached hydrogens (tertiary/aromatic N) is 1. The van der Waals surface area contributed by atoms with Gasteiger partial charge in [-0.2, -0.15) is 0 Å². The normalized spacial score (nSPS) is 18.8. The highest BCUT2D eigenvalue weighted by atomic mass is 35.5. The maximum absolute atomic E-state index is 12.5. The molecule has 1 fully saturated rings. The molecule has 0 spiro atoms. The first-order chi connectivity index (χ1) is 8.76. The number of hydrogen-bond acceptors (Lipinski definition) is 2. The van der Waals surface area contributed by atoms with Gasteiger partial charge < -0.3 is 10.6 Å². The summed E-state index contributed by atoms with van der Waals surface area (Å²) in [4.78, 5) is 14.5. The predicted octanol–water partition coefficient (Wildman–Crippen LogP) is 2.97. The molecule has 1 aliphatic heterocycles. The van der Waals surface area contributed by atoms with E-state index in [0.29, 0.717) is 12.6 Å². The van der Waals surface area contributed by atoms with Gasteiger partial charge in [-0.3, -0.25) is 4.79 Å². The Bertz CT molecular complexity index is 405. The number of carbonyl (C=O) groups is 1. The highest BCUT2D eigenvalue weighted by Crippen LogP contribution is 2.21. The predicted molar refractivity (Wildman–Crippen MR) is 80.5 cm³/mol. The molecule has 2 rings (SSSR count). The summed E-state index contributed by atoms with van der Waals surface area (Å²) in [6, 6.07) is 8.09. The second-order valence-electron chi connectivity index (χ2n) is 4.96. The van der Waals surface area contributed by atoms with Crippen LogP contribution in [0.4, 0.5) is 0 Å². The van der Waals surface area contributed by atoms with Crippen molar-refractivity contribution in [2.75, 3.05) is 6.54 Å². The lowest BCUT2D eigenvalue weighted by atomic mass is 9.98. The molecule has 0 aliphatic carbocycles. The van der Waals surface area contributed by atoms with Crippen molar-refractivity contribution >= 4 is 18.3 Å². The molecule has 1 amide bonds. The largest absolute Gasteiger partial charge is 0.336 e. The van der Waals surface area contributed by atoms with Crippen LogP contribution in [0.1, 0.15) is 48.5 Å². The topological polar surface area (TPSA) is 46.3 Å². The molecule has 2 N–H and O–H groups in total. The van der Waals surface area contributed by atoms with E-state index in [1.165, 1.54) is 6.42 Å². The van der Waals surface area contributed by atoms with Crippen LogP contribution < -0.4 is 5.73 Å². The molecule has 19 heavy (non-hydrogen) atoms. The minimum Gasteiger partial charge on any atom is -0.336 e. The molecule has 1 aromatic rings. The molecule has 1 heterocycles. The third-order valence-electron chi connectivity index (χ3n) is 3.80. The van der Waals surface area contributed by atoms with E-state index in [2.05, 4.69) is 6.92 Å². The minimum atomic E-state index is 0. The van der Waals surface area contributed by atoms with E-state index < -0.39 is 0 Å². The fraction of sp³-hybridized carbons (Fsp3) is 0.533. The van der Waals surface area contributed by atoms with Crippen LogP contribution in [0.3, 0.4) is 0 Å². The Kier molecular flexibility index (Phi) is 6.32. The van der Waals surface area contributed by atoms with Gasteiger partial charge in [-0.25, -0.2) is 0 Å². The number of hydrogen-bond donors (Lipinski definition) is 1. The molecule has 4 heteroatoms. The van der Waals surface area contributed by atoms with Crippen LogP contribution in [0.2, 0.25) is 0 Å². The van der Waals surface area contributed by atoms with Gasteiger partial charge in [0, 0.05) is 24.7 Å². The first-order valence-electron chi connectivity index (χ1n) is 6.86. The average Bonchev–Trinajstić information content (AvgIpc) is 2.46. The van der Waals surface area contributed by atoms with Gasteiger partial charge in [0.1, 0.15) is 0 Å². The second-order valence-corrected chi connectivity index (χ2v) is 4.96. The standard InChI is InChI=1S/C15H22N2O.ClH/c1-2-14-5-3-4-10-17(14)15(18)13-8-6-12(11-16)7-9-13;/h6-9,14H,2-5,10-11,16H2,1H3;1H. The summed E-state index contributed by atoms with van der Waals surface area (Å²) in [6.07, 6.45) is 4.56. The fourth-order valence-corrected chi connectivity index (χ4v) is 2.64. The smallest absolute Gasteiger partial charge is 0.254 e. The Hall–Kier alpha value is -1.06. The number of benzene rings is 1. The maximum atomic E-state index is 12.5. The Labute approximate surface area is 121 Å². The molecule has 0 bridgehead atoms. The van der Waals surface area contributed by atoms with E-state index in [9.17, 15) is 4.79 Å². The molecule has 106 valence electrons. The van der Waals surface area contributed by atoms with E-state index in [1.54, 1.807) is 0 Å². The minimum absolute atomic E-state index is 0. The number of likely N-dealkylation sites (tertiary alicyclic amines) is 1. The number of rotatable bonds is 3. The quantitative estimate of drug-likeness (QED) is 0.926. The highest BCUT2D eigenvalue weighted by Gasteiger charge is 2.25. The Morgan fingerprint density at radius 1 is 1.32 bits per heavy atom. The van der Waals surface area contributed by atoms with Gasteiger partial charge in [0.2, 0.25) is 0 Å². The lowest BCUT2D eigenvalue weighted by molar-refractivity contribution is 0.0608. The summed E-state index contributed by atoms with van der Waals surface area (Å²) in [5.74, 6) is 0.171. The van der Waals surface area contributed by atoms with E-state index in [1.807, 2.05) is 29.2 Å². The monoisotopic (exact) mass is 282 g/mol. The van der Waals surface area contributed by atoms with Gasteiger partial charge in [-0.1, -0.05) is 19.1 Å². The van der Waals surface area contributed by atoms with Crippen LogP contribution in [0, 0.1) is 0 Å². The zero-order valence-corrected chi connectivity index (χ0v) is 12.3. The molecule has 1 saturated heterocycles. The van der Waals surface area contributed by atoms with Crippen molar-refractivity contribution in [1.29, 1.82) is 0 Å². The molecule has 1 atom stereocenters. The molecule has 1 aromatic carbocycles. The van der Waals surface area contributed by atoms with Crippen LogP contribution >= 0.6 is 12.4 Å². The Morgan fingerprint density at radius 2 is 2.00 bits per heavy atom. The summed E-state index contributed by atoms with van der Waals surface area (Å²) in [5, 5.41) is 0. The molecule has 1 unspecified atom stereocenters. The van der Waals surface area contributed by atoms with Crippen LogP contribution in [0.25, 0.3) is 0 Å². The Morgan fingerprint density at radius 3 is 2.58 bits per heavy atom. The fourth-order valence-electron chi connectivity index (χ4n) is 2.64. The van der Waals surface area contributed by atoms with Gasteiger partial charge in [-0.15, -0.1) is 12.4 Å². The molecule has 0 radical (unpaired) electrons. The van der Waals surface area contributed by atoms with Gasteiger partial charge in [-0.05, 0) is 43.4 Å². The zero-order chi connectivity index (χ0) is 13.0. The van der Waals surface area contributed by atoms with Crippen molar-refractivity contribution in [2.45, 2.75) is 45.2 Å². The molecule has 1 aliphatic rings. The van der Waals surface area contributed by atoms with Gasteiger partial charge in [0.15, 0.2) is 0 Å². The Balaban J connectivity index is 0.00000180. The van der Waals surface area contributed by atoms with Crippen molar-refractivity contribution in [1.82, 2.24) is 4.90 Å². The lowest BCUT2D eigenvalue weighted by Gasteiger charge is -2.35. The van der Waals surface area contributed by atoms with Gasteiger partial charge in [0.05, 0.1) is 0 Å². The molecular formula is C15H23ClN2O. The van der Waals surface area contributed by atoms with Crippen LogP contribution in [-0.2, 0) is 6.54 Å². The number of piperidine rings is 1. The summed E-state index contributed by atoms with van der Waals surface area (Å²) >= 11 is 0. The number of nitrogens with two attached hydrogens (primary N) is 1. The number of halogens is 1. The van der Waals surface area contributed by atoms with Crippen LogP contribution in [0.15, 0.2) is 24.3 Å². The van der Waals surface area contributed by atoms with Crippen LogP contribution in [0.5, 0.6) is 0 Å². The van der Waals surface area contributed by atoms with E-state index >= 15 is 0 Å². The third-order valence-corrected chi connectivity index (χ3v) is 3.80. The molecule has 0 aromatic heterocycles. The number of carbonyl (C=O) groups excluding carboxylic acids is 1. The average molecular weight is 283 g/mol. The summed E-state index contributed by atoms with van der Waals surface area (Å²) in [5.41, 5.74) is 7.42. The first kappa shape index (κ1) is 16.0. The van der Waals surface area contributed by atoms with E-state index in [-0.39, 0.29) is 18.3 Å². The van der Waals surface area contributed by atoms with Crippen molar-refractivity contribution < 1.29 is 4.79 Å². The number of amides is 1. The summed E-state index contributed by atoms with van der Waals surface area (Å²) in [6.45, 7) is 3.58. The molecule has 3 nitrogen and oxygen atoms in total. The summed E-state index contributed by atoms with van der Waals surface area (Å²) in [7, 11) is 0. The zero-order valence-electron chi connectivity index (χ0n) is 11.5. The molecular weight excluding hydrogens is 260 g/mol. The highest BCUT2D eigenvalue weighted by molar-refractivity contribution is 5.94. The van der Waals surface area contributed by atoms with Crippen molar-refractivity contribution in [2.24, 2.45) is 5.73 Å². The van der Waals surface area contributed by atoms with Crippen molar-refractivity contribution in [3.63, 3.8) is 0 Å². The third kappa shape index (κ3) is 3.71. The first-order valence-corrected chi connectivity index (χ1v) is 6.86. The summed E-state index contributed by atoms with van der Waals surface area (Å²) < 4.78 is 0. The SMILES string of the molecule is CCC1CCCCN1C(=O)c1ccc(CN)cc1.Cl. The van der Waals surface area contributed by atoms with Crippen molar-refractivity contribution in [3.8, 4) is 0 Å². The van der Waals surface area contributed by atoms with Gasteiger partial charge in [0.25, 0.3) is 5.91 Å². The molecule has 0 saturated carbocycles. The van der Waals surface area contributed by atoms with E-state index in [0.717, 1.165) is 36.9 Å². The lowest BCUT2D eigenvalue weighted by Crippen LogP contribution is -2.43.